The van der Waals surface area contributed by atoms with Gasteiger partial charge in [-0.15, -0.1) is 0 Å². The van der Waals surface area contributed by atoms with E-state index in [0.717, 1.165) is 31.5 Å². The van der Waals surface area contributed by atoms with Crippen LogP contribution in [0.5, 0.6) is 0 Å². The van der Waals surface area contributed by atoms with Crippen molar-refractivity contribution in [1.82, 2.24) is 15.0 Å². The molecule has 116 valence electrons. The standard InChI is InChI=1S/C16H20N4O2/c1-11-18-16(22-19-11)13-7-9-20(10-8-13)14(15(17)21)12-5-3-2-4-6-12/h2-6,13-14H,7-10H2,1H3,(H2,17,21)/t14-/m0/s1. The van der Waals surface area contributed by atoms with Gasteiger partial charge in [-0.25, -0.2) is 0 Å². The van der Waals surface area contributed by atoms with Gasteiger partial charge in [-0.3, -0.25) is 9.69 Å². The third kappa shape index (κ3) is 3.01. The highest BCUT2D eigenvalue weighted by Crippen LogP contribution is 2.31. The molecule has 1 atom stereocenters. The van der Waals surface area contributed by atoms with E-state index >= 15 is 0 Å². The minimum absolute atomic E-state index is 0.266. The summed E-state index contributed by atoms with van der Waals surface area (Å²) < 4.78 is 5.26. The fourth-order valence-electron chi connectivity index (χ4n) is 3.07. The second-order valence-electron chi connectivity index (χ2n) is 5.71. The van der Waals surface area contributed by atoms with Gasteiger partial charge in [-0.1, -0.05) is 35.5 Å². The summed E-state index contributed by atoms with van der Waals surface area (Å²) in [7, 11) is 0. The molecule has 22 heavy (non-hydrogen) atoms. The summed E-state index contributed by atoms with van der Waals surface area (Å²) >= 11 is 0. The van der Waals surface area contributed by atoms with Crippen LogP contribution in [0.1, 0.15) is 42.1 Å². The fraction of sp³-hybridized carbons (Fsp3) is 0.438. The number of rotatable bonds is 4. The van der Waals surface area contributed by atoms with Crippen molar-refractivity contribution in [2.45, 2.75) is 31.7 Å². The number of nitrogens with zero attached hydrogens (tertiary/aromatic N) is 3. The summed E-state index contributed by atoms with van der Waals surface area (Å²) in [4.78, 5) is 18.3. The Kier molecular flexibility index (Phi) is 4.20. The van der Waals surface area contributed by atoms with E-state index in [1.165, 1.54) is 0 Å². The summed E-state index contributed by atoms with van der Waals surface area (Å²) in [5, 5.41) is 3.85. The van der Waals surface area contributed by atoms with Gasteiger partial charge in [-0.05, 0) is 38.4 Å². The van der Waals surface area contributed by atoms with Gasteiger partial charge in [0.05, 0.1) is 0 Å². The molecule has 0 radical (unpaired) electrons. The van der Waals surface area contributed by atoms with Crippen LogP contribution in [0.3, 0.4) is 0 Å². The zero-order valence-corrected chi connectivity index (χ0v) is 12.6. The molecular formula is C16H20N4O2. The van der Waals surface area contributed by atoms with E-state index in [-0.39, 0.29) is 17.9 Å². The molecule has 2 heterocycles. The lowest BCUT2D eigenvalue weighted by atomic mass is 9.94. The number of carbonyl (C=O) groups excluding carboxylic acids is 1. The number of aryl methyl sites for hydroxylation is 1. The third-order valence-corrected chi connectivity index (χ3v) is 4.17. The Hall–Kier alpha value is -2.21. The second-order valence-corrected chi connectivity index (χ2v) is 5.71. The summed E-state index contributed by atoms with van der Waals surface area (Å²) in [6, 6.07) is 9.32. The molecule has 1 aromatic carbocycles. The average molecular weight is 300 g/mol. The van der Waals surface area contributed by atoms with Gasteiger partial charge in [0.2, 0.25) is 11.8 Å². The summed E-state index contributed by atoms with van der Waals surface area (Å²) in [5.74, 6) is 1.32. The Labute approximate surface area is 129 Å². The van der Waals surface area contributed by atoms with Gasteiger partial charge in [-0.2, -0.15) is 4.98 Å². The van der Waals surface area contributed by atoms with Crippen LogP contribution in [-0.4, -0.2) is 34.0 Å². The quantitative estimate of drug-likeness (QED) is 0.930. The van der Waals surface area contributed by atoms with Crippen molar-refractivity contribution in [2.24, 2.45) is 5.73 Å². The van der Waals surface area contributed by atoms with Crippen molar-refractivity contribution in [3.63, 3.8) is 0 Å². The van der Waals surface area contributed by atoms with E-state index in [9.17, 15) is 4.79 Å². The normalized spacial score (nSPS) is 18.2. The molecule has 0 bridgehead atoms. The number of likely N-dealkylation sites (tertiary alicyclic amines) is 1. The third-order valence-electron chi connectivity index (χ3n) is 4.17. The number of hydrogen-bond acceptors (Lipinski definition) is 5. The maximum absolute atomic E-state index is 11.9. The predicted molar refractivity (Wildman–Crippen MR) is 81.0 cm³/mol. The number of primary amides is 1. The number of hydrogen-bond donors (Lipinski definition) is 1. The van der Waals surface area contributed by atoms with Gasteiger partial charge >= 0.3 is 0 Å². The first-order valence-corrected chi connectivity index (χ1v) is 7.53. The van der Waals surface area contributed by atoms with Gasteiger partial charge in [0, 0.05) is 5.92 Å². The molecule has 3 rings (SSSR count). The van der Waals surface area contributed by atoms with Crippen molar-refractivity contribution < 1.29 is 9.32 Å². The van der Waals surface area contributed by atoms with Crippen LogP contribution in [-0.2, 0) is 4.79 Å². The summed E-state index contributed by atoms with van der Waals surface area (Å²) in [5.41, 5.74) is 6.57. The Balaban J connectivity index is 1.70. The smallest absolute Gasteiger partial charge is 0.239 e. The van der Waals surface area contributed by atoms with Crippen molar-refractivity contribution in [3.8, 4) is 0 Å². The van der Waals surface area contributed by atoms with Crippen molar-refractivity contribution in [1.29, 1.82) is 0 Å². The lowest BCUT2D eigenvalue weighted by molar-refractivity contribution is -0.124. The molecule has 1 saturated heterocycles. The number of piperidine rings is 1. The molecule has 1 fully saturated rings. The van der Waals surface area contributed by atoms with Gasteiger partial charge < -0.3 is 10.3 Å². The van der Waals surface area contributed by atoms with E-state index in [1.807, 2.05) is 37.3 Å². The maximum Gasteiger partial charge on any atom is 0.239 e. The Morgan fingerprint density at radius 3 is 2.55 bits per heavy atom. The highest BCUT2D eigenvalue weighted by atomic mass is 16.5. The predicted octanol–water partition coefficient (Wildman–Crippen LogP) is 1.78. The number of nitrogens with two attached hydrogens (primary N) is 1. The first-order chi connectivity index (χ1) is 10.6. The first kappa shape index (κ1) is 14.7. The highest BCUT2D eigenvalue weighted by Gasteiger charge is 2.31. The molecule has 0 unspecified atom stereocenters. The first-order valence-electron chi connectivity index (χ1n) is 7.53. The van der Waals surface area contributed by atoms with Gasteiger partial charge in [0.25, 0.3) is 0 Å². The number of carbonyl (C=O) groups is 1. The second kappa shape index (κ2) is 6.27. The van der Waals surface area contributed by atoms with Crippen LogP contribution in [0.15, 0.2) is 34.9 Å². The summed E-state index contributed by atoms with van der Waals surface area (Å²) in [6.07, 6.45) is 1.77. The van der Waals surface area contributed by atoms with E-state index in [4.69, 9.17) is 10.3 Å². The van der Waals surface area contributed by atoms with E-state index in [0.29, 0.717) is 11.7 Å². The van der Waals surface area contributed by atoms with Gasteiger partial charge in [0.1, 0.15) is 6.04 Å². The molecule has 6 nitrogen and oxygen atoms in total. The van der Waals surface area contributed by atoms with E-state index < -0.39 is 0 Å². The zero-order valence-electron chi connectivity index (χ0n) is 12.6. The lowest BCUT2D eigenvalue weighted by Crippen LogP contribution is -2.42. The molecular weight excluding hydrogens is 280 g/mol. The minimum atomic E-state index is -0.369. The molecule has 1 aliphatic heterocycles. The number of aromatic nitrogens is 2. The van der Waals surface area contributed by atoms with Crippen molar-refractivity contribution >= 4 is 5.91 Å². The van der Waals surface area contributed by atoms with E-state index in [1.54, 1.807) is 0 Å². The Bertz CT molecular complexity index is 633. The van der Waals surface area contributed by atoms with Crippen LogP contribution in [0.2, 0.25) is 0 Å². The minimum Gasteiger partial charge on any atom is -0.368 e. The zero-order chi connectivity index (χ0) is 15.5. The van der Waals surface area contributed by atoms with Crippen molar-refractivity contribution in [3.05, 3.63) is 47.6 Å². The molecule has 6 heteroatoms. The van der Waals surface area contributed by atoms with Crippen molar-refractivity contribution in [2.75, 3.05) is 13.1 Å². The molecule has 1 amide bonds. The molecule has 1 aromatic heterocycles. The van der Waals surface area contributed by atoms with Crippen LogP contribution in [0.25, 0.3) is 0 Å². The number of amides is 1. The molecule has 0 spiro atoms. The maximum atomic E-state index is 11.9. The molecule has 0 saturated carbocycles. The molecule has 2 aromatic rings. The number of benzene rings is 1. The average Bonchev–Trinajstić information content (AvgIpc) is 2.95. The van der Waals surface area contributed by atoms with Crippen LogP contribution in [0.4, 0.5) is 0 Å². The van der Waals surface area contributed by atoms with E-state index in [2.05, 4.69) is 15.0 Å². The lowest BCUT2D eigenvalue weighted by Gasteiger charge is -2.35. The molecule has 0 aliphatic carbocycles. The van der Waals surface area contributed by atoms with Crippen LogP contribution < -0.4 is 5.73 Å². The van der Waals surface area contributed by atoms with Crippen LogP contribution >= 0.6 is 0 Å². The fourth-order valence-corrected chi connectivity index (χ4v) is 3.07. The summed E-state index contributed by atoms with van der Waals surface area (Å²) in [6.45, 7) is 3.39. The topological polar surface area (TPSA) is 85.3 Å². The van der Waals surface area contributed by atoms with Gasteiger partial charge in [0.15, 0.2) is 5.82 Å². The molecule has 1 aliphatic rings. The largest absolute Gasteiger partial charge is 0.368 e. The SMILES string of the molecule is Cc1noc(C2CCN([C@H](C(N)=O)c3ccccc3)CC2)n1. The monoisotopic (exact) mass is 300 g/mol. The molecule has 2 N–H and O–H groups in total. The van der Waals surface area contributed by atoms with Crippen LogP contribution in [0, 0.1) is 6.92 Å². The Morgan fingerprint density at radius 1 is 1.32 bits per heavy atom. The highest BCUT2D eigenvalue weighted by molar-refractivity contribution is 5.81. The Morgan fingerprint density at radius 2 is 2.00 bits per heavy atom.